The number of ether oxygens (including phenoxy) is 1. The molecule has 0 spiro atoms. The third-order valence-corrected chi connectivity index (χ3v) is 7.04. The Kier molecular flexibility index (Phi) is 11.1. The lowest BCUT2D eigenvalue weighted by Gasteiger charge is -2.40. The highest BCUT2D eigenvalue weighted by atomic mass is 32.2. The third-order valence-electron chi connectivity index (χ3n) is 5.93. The number of anilines is 3. The lowest BCUT2D eigenvalue weighted by Crippen LogP contribution is -2.49. The van der Waals surface area contributed by atoms with E-state index in [9.17, 15) is 17.6 Å². The van der Waals surface area contributed by atoms with Crippen molar-refractivity contribution in [2.45, 2.75) is 50.5 Å². The summed E-state index contributed by atoms with van der Waals surface area (Å²) in [6, 6.07) is 3.71. The van der Waals surface area contributed by atoms with Crippen molar-refractivity contribution in [1.29, 1.82) is 0 Å². The van der Waals surface area contributed by atoms with Crippen molar-refractivity contribution in [3.05, 3.63) is 43.5 Å². The Hall–Kier alpha value is -3.41. The molecule has 2 aliphatic heterocycles. The Balaban J connectivity index is 0.000000945. The number of likely N-dealkylation sites (tertiary alicyclic amines) is 1. The number of benzene rings is 1. The molecular formula is C25H38FN5O5S. The van der Waals surface area contributed by atoms with Crippen molar-refractivity contribution in [2.24, 2.45) is 0 Å². The number of carboxylic acid groups (broad SMARTS) is 1. The van der Waals surface area contributed by atoms with E-state index < -0.39 is 21.7 Å². The van der Waals surface area contributed by atoms with Gasteiger partial charge in [0.25, 0.3) is 0 Å². The highest BCUT2D eigenvalue weighted by Gasteiger charge is 2.32. The number of nitrogens with one attached hydrogen (secondary N) is 1. The normalized spacial score (nSPS) is 15.2. The Morgan fingerprint density at radius 3 is 2.41 bits per heavy atom. The third kappa shape index (κ3) is 7.78. The number of sulfone groups is 1. The molecular weight excluding hydrogens is 501 g/mol. The van der Waals surface area contributed by atoms with Crippen LogP contribution in [0.2, 0.25) is 0 Å². The van der Waals surface area contributed by atoms with Crippen LogP contribution in [-0.2, 0) is 9.84 Å². The molecule has 0 unspecified atom stereocenters. The summed E-state index contributed by atoms with van der Waals surface area (Å²) >= 11 is 0. The Labute approximate surface area is 219 Å². The van der Waals surface area contributed by atoms with E-state index in [0.29, 0.717) is 50.7 Å². The fraction of sp³-hybridized carbons (Fsp3) is 0.480. The highest BCUT2D eigenvalue weighted by molar-refractivity contribution is 7.90. The summed E-state index contributed by atoms with van der Waals surface area (Å²) in [7, 11) is -3.52. The molecule has 4 rings (SSSR count). The van der Waals surface area contributed by atoms with E-state index in [4.69, 9.17) is 9.84 Å². The van der Waals surface area contributed by atoms with Crippen molar-refractivity contribution in [2.75, 3.05) is 42.7 Å². The van der Waals surface area contributed by atoms with Gasteiger partial charge in [0.15, 0.2) is 21.5 Å². The number of halogens is 1. The maximum atomic E-state index is 14.5. The van der Waals surface area contributed by atoms with Crippen molar-refractivity contribution >= 4 is 33.3 Å². The molecule has 2 aliphatic rings. The predicted molar refractivity (Wildman–Crippen MR) is 144 cm³/mol. The molecule has 0 aliphatic carbocycles. The first-order valence-corrected chi connectivity index (χ1v) is 14.0. The van der Waals surface area contributed by atoms with Crippen LogP contribution in [0.4, 0.5) is 26.5 Å². The zero-order valence-electron chi connectivity index (χ0n) is 21.6. The standard InChI is InChI=1S/C19H22FN5O5S.C4H10.C2H4.H2/c1-31(28,29)13-2-3-15(14(20)10-13)23-17-16-18(22-11-21-17)25(8-9-30-16)12-4-6-24(7-5-12)19(26)27;1-3-4-2;1-2;/h2-3,10-12H,4-9H2,1H3,(H,26,27)(H,21,22,23);3-4H2,1-2H3;1-2H2;1H. The summed E-state index contributed by atoms with van der Waals surface area (Å²) in [5, 5.41) is 12.0. The minimum Gasteiger partial charge on any atom is -0.485 e. The Morgan fingerprint density at radius 1 is 1.22 bits per heavy atom. The van der Waals surface area contributed by atoms with Crippen LogP contribution in [0.5, 0.6) is 5.75 Å². The van der Waals surface area contributed by atoms with E-state index in [2.05, 4.69) is 47.2 Å². The zero-order valence-corrected chi connectivity index (χ0v) is 22.4. The first-order valence-electron chi connectivity index (χ1n) is 12.1. The van der Waals surface area contributed by atoms with Crippen LogP contribution in [0, 0.1) is 5.82 Å². The summed E-state index contributed by atoms with van der Waals surface area (Å²) in [6.45, 7) is 12.2. The first kappa shape index (κ1) is 29.8. The fourth-order valence-electron chi connectivity index (χ4n) is 3.82. The van der Waals surface area contributed by atoms with Crippen LogP contribution in [0.25, 0.3) is 0 Å². The van der Waals surface area contributed by atoms with E-state index >= 15 is 0 Å². The van der Waals surface area contributed by atoms with Gasteiger partial charge in [-0.2, -0.15) is 0 Å². The Bertz CT molecular complexity index is 1160. The maximum absolute atomic E-state index is 14.5. The van der Waals surface area contributed by atoms with Crippen molar-refractivity contribution in [3.8, 4) is 5.75 Å². The molecule has 0 bridgehead atoms. The molecule has 206 valence electrons. The Morgan fingerprint density at radius 2 is 1.86 bits per heavy atom. The number of rotatable bonds is 5. The van der Waals surface area contributed by atoms with E-state index in [-0.39, 0.29) is 23.9 Å². The van der Waals surface area contributed by atoms with Gasteiger partial charge in [0.05, 0.1) is 17.1 Å². The maximum Gasteiger partial charge on any atom is 0.407 e. The summed E-state index contributed by atoms with van der Waals surface area (Å²) in [6.07, 6.45) is 5.41. The van der Waals surface area contributed by atoms with Gasteiger partial charge < -0.3 is 25.0 Å². The monoisotopic (exact) mass is 539 g/mol. The molecule has 1 amide bonds. The predicted octanol–water partition coefficient (Wildman–Crippen LogP) is 4.96. The minimum atomic E-state index is -3.52. The van der Waals surface area contributed by atoms with Crippen LogP contribution < -0.4 is 15.0 Å². The summed E-state index contributed by atoms with van der Waals surface area (Å²) < 4.78 is 43.5. The summed E-state index contributed by atoms with van der Waals surface area (Å²) in [5.74, 6) is 0.472. The molecule has 0 saturated carbocycles. The van der Waals surface area contributed by atoms with Gasteiger partial charge in [-0.3, -0.25) is 0 Å². The van der Waals surface area contributed by atoms with Gasteiger partial charge in [0.1, 0.15) is 18.8 Å². The van der Waals surface area contributed by atoms with Crippen LogP contribution in [0.15, 0.2) is 42.6 Å². The van der Waals surface area contributed by atoms with Gasteiger partial charge in [-0.15, -0.1) is 13.2 Å². The molecule has 0 atom stereocenters. The van der Waals surface area contributed by atoms with Crippen molar-refractivity contribution in [1.82, 2.24) is 14.9 Å². The number of carbonyl (C=O) groups is 1. The number of hydrogen-bond acceptors (Lipinski definition) is 8. The van der Waals surface area contributed by atoms with E-state index in [0.717, 1.165) is 12.3 Å². The van der Waals surface area contributed by atoms with Crippen LogP contribution >= 0.6 is 0 Å². The molecule has 2 N–H and O–H groups in total. The lowest BCUT2D eigenvalue weighted by molar-refractivity contribution is 0.130. The first-order chi connectivity index (χ1) is 17.7. The smallest absolute Gasteiger partial charge is 0.407 e. The van der Waals surface area contributed by atoms with Gasteiger partial charge in [0, 0.05) is 26.8 Å². The van der Waals surface area contributed by atoms with Crippen LogP contribution in [0.1, 0.15) is 41.0 Å². The molecule has 1 fully saturated rings. The number of aromatic nitrogens is 2. The second-order valence-electron chi connectivity index (χ2n) is 8.46. The largest absolute Gasteiger partial charge is 0.485 e. The van der Waals surface area contributed by atoms with Gasteiger partial charge in [-0.25, -0.2) is 27.6 Å². The molecule has 12 heteroatoms. The summed E-state index contributed by atoms with van der Waals surface area (Å²) in [4.78, 5) is 23.0. The number of hydrogen-bond donors (Lipinski definition) is 2. The molecule has 0 radical (unpaired) electrons. The van der Waals surface area contributed by atoms with Gasteiger partial charge in [-0.1, -0.05) is 26.7 Å². The topological polar surface area (TPSA) is 125 Å². The average molecular weight is 540 g/mol. The van der Waals surface area contributed by atoms with Crippen molar-refractivity contribution < 1.29 is 28.9 Å². The minimum absolute atomic E-state index is 0. The van der Waals surface area contributed by atoms with Crippen LogP contribution in [-0.4, -0.2) is 73.0 Å². The second kappa shape index (κ2) is 13.8. The molecule has 37 heavy (non-hydrogen) atoms. The number of fused-ring (bicyclic) bond motifs is 1. The molecule has 10 nitrogen and oxygen atoms in total. The number of unbranched alkanes of at least 4 members (excludes halogenated alkanes) is 1. The fourth-order valence-corrected chi connectivity index (χ4v) is 4.46. The zero-order chi connectivity index (χ0) is 27.6. The van der Waals surface area contributed by atoms with E-state index in [1.807, 2.05) is 0 Å². The van der Waals surface area contributed by atoms with E-state index in [1.165, 1.54) is 36.2 Å². The number of nitrogens with zero attached hydrogens (tertiary/aromatic N) is 4. The van der Waals surface area contributed by atoms with Crippen LogP contribution in [0.3, 0.4) is 0 Å². The quantitative estimate of drug-likeness (QED) is 0.507. The highest BCUT2D eigenvalue weighted by Crippen LogP contribution is 2.39. The lowest BCUT2D eigenvalue weighted by atomic mass is 10.0. The molecule has 1 saturated heterocycles. The van der Waals surface area contributed by atoms with Gasteiger partial charge >= 0.3 is 6.09 Å². The van der Waals surface area contributed by atoms with E-state index in [1.54, 1.807) is 0 Å². The number of amides is 1. The molecule has 1 aromatic carbocycles. The molecule has 2 aromatic rings. The second-order valence-corrected chi connectivity index (χ2v) is 10.5. The molecule has 1 aromatic heterocycles. The molecule has 3 heterocycles. The average Bonchev–Trinajstić information content (AvgIpc) is 2.90. The van der Waals surface area contributed by atoms with Gasteiger partial charge in [-0.05, 0) is 31.0 Å². The summed E-state index contributed by atoms with van der Waals surface area (Å²) in [5.41, 5.74) is 0.0591. The van der Waals surface area contributed by atoms with Gasteiger partial charge in [0.2, 0.25) is 5.75 Å². The van der Waals surface area contributed by atoms with Crippen molar-refractivity contribution in [3.63, 3.8) is 0 Å². The SMILES string of the molecule is C=C.CCCC.CS(=O)(=O)c1ccc(Nc2ncnc3c2OCCN3C2CCN(C(=O)O)CC2)c(F)c1.[HH]. The number of piperidine rings is 1.